The van der Waals surface area contributed by atoms with E-state index >= 15 is 0 Å². The molecule has 15 heavy (non-hydrogen) atoms. The molecule has 4 nitrogen and oxygen atoms in total. The molecule has 0 fully saturated rings. The van der Waals surface area contributed by atoms with Crippen LogP contribution in [0.25, 0.3) is 0 Å². The molecule has 1 aliphatic heterocycles. The highest BCUT2D eigenvalue weighted by Crippen LogP contribution is 2.38. The summed E-state index contributed by atoms with van der Waals surface area (Å²) in [5.74, 6) is 0.960. The summed E-state index contributed by atoms with van der Waals surface area (Å²) in [5.41, 5.74) is 1.05. The minimum atomic E-state index is -3.55. The topological polar surface area (TPSA) is 72.2 Å². The number of thioether (sulfide) groups is 1. The Morgan fingerprint density at radius 2 is 2.33 bits per heavy atom. The zero-order chi connectivity index (χ0) is 11.1. The summed E-state index contributed by atoms with van der Waals surface area (Å²) in [6, 6.07) is 1.88. The highest BCUT2D eigenvalue weighted by Gasteiger charge is 2.22. The Morgan fingerprint density at radius 3 is 3.00 bits per heavy atom. The van der Waals surface area contributed by atoms with Crippen molar-refractivity contribution < 1.29 is 8.42 Å². The fourth-order valence-electron chi connectivity index (χ4n) is 1.45. The van der Waals surface area contributed by atoms with Crippen LogP contribution in [0.4, 0.5) is 0 Å². The SMILES string of the molecule is CC1NCCSc2sc(S(N)(=O)=O)cc21. The number of thiophene rings is 1. The fourth-order valence-corrected chi connectivity index (χ4v) is 4.90. The third kappa shape index (κ3) is 2.36. The van der Waals surface area contributed by atoms with Crippen LogP contribution in [0.1, 0.15) is 18.5 Å². The number of fused-ring (bicyclic) bond motifs is 1. The largest absolute Gasteiger partial charge is 0.309 e. The van der Waals surface area contributed by atoms with Crippen LogP contribution in [-0.2, 0) is 10.0 Å². The predicted molar refractivity (Wildman–Crippen MR) is 62.8 cm³/mol. The van der Waals surface area contributed by atoms with Gasteiger partial charge in [-0.1, -0.05) is 0 Å². The molecular weight excluding hydrogens is 252 g/mol. The number of rotatable bonds is 1. The van der Waals surface area contributed by atoms with E-state index in [2.05, 4.69) is 5.32 Å². The van der Waals surface area contributed by atoms with Gasteiger partial charge in [0.25, 0.3) is 0 Å². The maximum Gasteiger partial charge on any atom is 0.247 e. The molecule has 1 aromatic heterocycles. The number of sulfonamides is 1. The second-order valence-corrected chi connectivity index (χ2v) is 7.58. The predicted octanol–water partition coefficient (Wildman–Crippen LogP) is 1.15. The van der Waals surface area contributed by atoms with E-state index < -0.39 is 10.0 Å². The zero-order valence-electron chi connectivity index (χ0n) is 8.19. The Bertz CT molecular complexity index is 466. The van der Waals surface area contributed by atoms with E-state index in [4.69, 9.17) is 5.14 Å². The van der Waals surface area contributed by atoms with Crippen LogP contribution in [0.15, 0.2) is 14.5 Å². The van der Waals surface area contributed by atoms with Gasteiger partial charge in [-0.05, 0) is 18.6 Å². The van der Waals surface area contributed by atoms with Gasteiger partial charge in [0.15, 0.2) is 0 Å². The van der Waals surface area contributed by atoms with E-state index in [1.54, 1.807) is 17.8 Å². The first-order valence-electron chi connectivity index (χ1n) is 4.51. The maximum absolute atomic E-state index is 11.2. The molecule has 0 saturated heterocycles. The molecule has 1 aromatic rings. The molecule has 1 atom stereocenters. The fraction of sp³-hybridized carbons (Fsp3) is 0.500. The average molecular weight is 264 g/mol. The summed E-state index contributed by atoms with van der Waals surface area (Å²) in [4.78, 5) is 0. The van der Waals surface area contributed by atoms with E-state index in [1.165, 1.54) is 11.3 Å². The molecule has 0 radical (unpaired) electrons. The number of nitrogens with two attached hydrogens (primary N) is 1. The molecule has 3 N–H and O–H groups in total. The smallest absolute Gasteiger partial charge is 0.247 e. The molecule has 2 heterocycles. The quantitative estimate of drug-likeness (QED) is 0.798. The molecule has 0 aliphatic carbocycles. The Kier molecular flexibility index (Phi) is 3.09. The molecule has 2 rings (SSSR count). The van der Waals surface area contributed by atoms with E-state index in [0.717, 1.165) is 22.1 Å². The van der Waals surface area contributed by atoms with E-state index in [1.807, 2.05) is 6.92 Å². The molecule has 0 amide bonds. The van der Waals surface area contributed by atoms with Crippen LogP contribution in [-0.4, -0.2) is 20.7 Å². The Morgan fingerprint density at radius 1 is 1.60 bits per heavy atom. The van der Waals surface area contributed by atoms with Gasteiger partial charge in [0.2, 0.25) is 10.0 Å². The maximum atomic E-state index is 11.2. The summed E-state index contributed by atoms with van der Waals surface area (Å²) < 4.78 is 23.7. The summed E-state index contributed by atoms with van der Waals surface area (Å²) >= 11 is 2.96. The molecule has 1 aliphatic rings. The van der Waals surface area contributed by atoms with Crippen molar-refractivity contribution in [1.82, 2.24) is 5.32 Å². The van der Waals surface area contributed by atoms with Crippen molar-refractivity contribution in [2.24, 2.45) is 5.14 Å². The van der Waals surface area contributed by atoms with Gasteiger partial charge in [0.05, 0.1) is 4.21 Å². The molecule has 0 saturated carbocycles. The van der Waals surface area contributed by atoms with Crippen LogP contribution >= 0.6 is 23.1 Å². The average Bonchev–Trinajstić information content (AvgIpc) is 2.49. The third-order valence-corrected chi connectivity index (χ3v) is 6.11. The van der Waals surface area contributed by atoms with E-state index in [-0.39, 0.29) is 10.3 Å². The molecule has 0 spiro atoms. The third-order valence-electron chi connectivity index (χ3n) is 2.24. The van der Waals surface area contributed by atoms with Gasteiger partial charge in [-0.15, -0.1) is 23.1 Å². The number of primary sulfonamides is 1. The normalized spacial score (nSPS) is 22.1. The minimum Gasteiger partial charge on any atom is -0.309 e. The van der Waals surface area contributed by atoms with Gasteiger partial charge in [0, 0.05) is 18.3 Å². The monoisotopic (exact) mass is 264 g/mol. The zero-order valence-corrected chi connectivity index (χ0v) is 10.6. The van der Waals surface area contributed by atoms with Gasteiger partial charge >= 0.3 is 0 Å². The summed E-state index contributed by atoms with van der Waals surface area (Å²) in [7, 11) is -3.55. The number of hydrogen-bond acceptors (Lipinski definition) is 5. The molecule has 1 unspecified atom stereocenters. The van der Waals surface area contributed by atoms with Crippen LogP contribution in [0.2, 0.25) is 0 Å². The van der Waals surface area contributed by atoms with Crippen LogP contribution in [0.3, 0.4) is 0 Å². The molecular formula is C8H12N2O2S3. The second kappa shape index (κ2) is 4.06. The summed E-state index contributed by atoms with van der Waals surface area (Å²) in [6.07, 6.45) is 0. The standard InChI is InChI=1S/C8H12N2O2S3/c1-5-6-4-7(15(9,11)12)14-8(6)13-3-2-10-5/h4-5,10H,2-3H2,1H3,(H2,9,11,12). The molecule has 7 heteroatoms. The lowest BCUT2D eigenvalue weighted by Crippen LogP contribution is -2.19. The van der Waals surface area contributed by atoms with Gasteiger partial charge in [-0.2, -0.15) is 0 Å². The first kappa shape index (κ1) is 11.4. The first-order chi connectivity index (χ1) is 6.98. The Labute approximate surface area is 97.3 Å². The van der Waals surface area contributed by atoms with Crippen LogP contribution < -0.4 is 10.5 Å². The number of nitrogens with one attached hydrogen (secondary N) is 1. The Hall–Kier alpha value is -0.0800. The lowest BCUT2D eigenvalue weighted by Gasteiger charge is -2.08. The van der Waals surface area contributed by atoms with Crippen molar-refractivity contribution in [3.05, 3.63) is 11.6 Å². The van der Waals surface area contributed by atoms with Gasteiger partial charge in [-0.25, -0.2) is 13.6 Å². The highest BCUT2D eigenvalue weighted by molar-refractivity contribution is 8.01. The minimum absolute atomic E-state index is 0.196. The molecule has 0 bridgehead atoms. The molecule has 84 valence electrons. The lowest BCUT2D eigenvalue weighted by molar-refractivity contribution is 0.596. The summed E-state index contributed by atoms with van der Waals surface area (Å²) in [5, 5.41) is 8.42. The van der Waals surface area contributed by atoms with E-state index in [9.17, 15) is 8.42 Å². The van der Waals surface area contributed by atoms with Gasteiger partial charge < -0.3 is 5.32 Å². The van der Waals surface area contributed by atoms with Gasteiger partial charge in [0.1, 0.15) is 4.21 Å². The van der Waals surface area contributed by atoms with Crippen molar-refractivity contribution in [3.63, 3.8) is 0 Å². The van der Waals surface area contributed by atoms with Gasteiger partial charge in [-0.3, -0.25) is 0 Å². The first-order valence-corrected chi connectivity index (χ1v) is 7.86. The van der Waals surface area contributed by atoms with Crippen LogP contribution in [0.5, 0.6) is 0 Å². The highest BCUT2D eigenvalue weighted by atomic mass is 32.3. The summed E-state index contributed by atoms with van der Waals surface area (Å²) in [6.45, 7) is 2.97. The van der Waals surface area contributed by atoms with Crippen molar-refractivity contribution in [3.8, 4) is 0 Å². The van der Waals surface area contributed by atoms with Crippen molar-refractivity contribution in [2.45, 2.75) is 21.4 Å². The van der Waals surface area contributed by atoms with Crippen molar-refractivity contribution in [2.75, 3.05) is 12.3 Å². The lowest BCUT2D eigenvalue weighted by atomic mass is 10.2. The van der Waals surface area contributed by atoms with E-state index in [0.29, 0.717) is 0 Å². The molecule has 0 aromatic carbocycles. The van der Waals surface area contributed by atoms with Crippen molar-refractivity contribution in [1.29, 1.82) is 0 Å². The van der Waals surface area contributed by atoms with Crippen LogP contribution in [0, 0.1) is 0 Å². The second-order valence-electron chi connectivity index (χ2n) is 3.38. The Balaban J connectivity index is 2.47. The number of hydrogen-bond donors (Lipinski definition) is 2. The van der Waals surface area contributed by atoms with Crippen molar-refractivity contribution >= 4 is 33.1 Å².